The van der Waals surface area contributed by atoms with Gasteiger partial charge in [-0.25, -0.2) is 9.36 Å². The summed E-state index contributed by atoms with van der Waals surface area (Å²) < 4.78 is 2.61. The van der Waals surface area contributed by atoms with Crippen LogP contribution in [0.25, 0.3) is 11.0 Å². The van der Waals surface area contributed by atoms with E-state index in [0.29, 0.717) is 22.3 Å². The monoisotopic (exact) mass is 281 g/mol. The van der Waals surface area contributed by atoms with Crippen molar-refractivity contribution in [1.29, 1.82) is 0 Å². The van der Waals surface area contributed by atoms with Crippen LogP contribution in [-0.4, -0.2) is 15.0 Å². The second-order valence-corrected chi connectivity index (χ2v) is 5.10. The van der Waals surface area contributed by atoms with Crippen molar-refractivity contribution in [2.24, 2.45) is 7.05 Å². The molecule has 2 N–H and O–H groups in total. The van der Waals surface area contributed by atoms with Crippen LogP contribution in [0, 0.1) is 6.92 Å². The summed E-state index contributed by atoms with van der Waals surface area (Å²) in [7, 11) is 1.64. The highest BCUT2D eigenvalue weighted by Crippen LogP contribution is 2.17. The SMILES string of the molecule is Cc1ccc(C(=O)n2c(=O)n(C)c3ccc(N)cc32)cc1. The third kappa shape index (κ3) is 2.03. The van der Waals surface area contributed by atoms with E-state index in [9.17, 15) is 9.59 Å². The van der Waals surface area contributed by atoms with E-state index in [2.05, 4.69) is 0 Å². The maximum atomic E-state index is 12.6. The molecule has 0 saturated carbocycles. The minimum atomic E-state index is -0.374. The molecule has 1 heterocycles. The number of nitrogen functional groups attached to an aromatic ring is 1. The molecule has 0 aliphatic carbocycles. The van der Waals surface area contributed by atoms with Crippen molar-refractivity contribution in [3.63, 3.8) is 0 Å². The van der Waals surface area contributed by atoms with Crippen molar-refractivity contribution in [2.45, 2.75) is 6.92 Å². The van der Waals surface area contributed by atoms with Crippen LogP contribution in [0.1, 0.15) is 15.9 Å². The number of benzene rings is 2. The summed E-state index contributed by atoms with van der Waals surface area (Å²) in [4.78, 5) is 25.0. The van der Waals surface area contributed by atoms with Crippen LogP contribution in [0.2, 0.25) is 0 Å². The Labute approximate surface area is 121 Å². The van der Waals surface area contributed by atoms with E-state index in [1.807, 2.05) is 19.1 Å². The zero-order valence-corrected chi connectivity index (χ0v) is 11.8. The predicted molar refractivity (Wildman–Crippen MR) is 82.5 cm³/mol. The molecule has 0 bridgehead atoms. The molecular formula is C16H15N3O2. The van der Waals surface area contributed by atoms with E-state index in [1.165, 1.54) is 4.57 Å². The van der Waals surface area contributed by atoms with Gasteiger partial charge < -0.3 is 5.73 Å². The number of carbonyl (C=O) groups excluding carboxylic acids is 1. The fourth-order valence-corrected chi connectivity index (χ4v) is 2.38. The molecule has 0 saturated heterocycles. The van der Waals surface area contributed by atoms with Crippen LogP contribution < -0.4 is 11.4 Å². The van der Waals surface area contributed by atoms with Crippen LogP contribution in [0.3, 0.4) is 0 Å². The maximum absolute atomic E-state index is 12.6. The number of imidazole rings is 1. The van der Waals surface area contributed by atoms with Crippen LogP contribution in [0.15, 0.2) is 47.3 Å². The Kier molecular flexibility index (Phi) is 2.90. The molecule has 0 aliphatic heterocycles. The van der Waals surface area contributed by atoms with Gasteiger partial charge in [0.1, 0.15) is 0 Å². The Morgan fingerprint density at radius 3 is 2.38 bits per heavy atom. The van der Waals surface area contributed by atoms with Crippen molar-refractivity contribution in [1.82, 2.24) is 9.13 Å². The van der Waals surface area contributed by atoms with Gasteiger partial charge in [-0.3, -0.25) is 9.36 Å². The van der Waals surface area contributed by atoms with Gasteiger partial charge >= 0.3 is 5.69 Å². The first-order valence-electron chi connectivity index (χ1n) is 6.57. The minimum Gasteiger partial charge on any atom is -0.399 e. The molecule has 0 aliphatic rings. The van der Waals surface area contributed by atoms with E-state index in [1.54, 1.807) is 37.4 Å². The fraction of sp³-hybridized carbons (Fsp3) is 0.125. The van der Waals surface area contributed by atoms with E-state index in [0.717, 1.165) is 10.1 Å². The van der Waals surface area contributed by atoms with Crippen molar-refractivity contribution >= 4 is 22.6 Å². The second kappa shape index (κ2) is 4.63. The third-order valence-electron chi connectivity index (χ3n) is 3.58. The Hall–Kier alpha value is -2.82. The highest BCUT2D eigenvalue weighted by molar-refractivity contribution is 6.01. The molecule has 0 spiro atoms. The number of nitrogens with zero attached hydrogens (tertiary/aromatic N) is 2. The normalized spacial score (nSPS) is 11.0. The van der Waals surface area contributed by atoms with Gasteiger partial charge in [-0.1, -0.05) is 17.7 Å². The van der Waals surface area contributed by atoms with Gasteiger partial charge in [0.25, 0.3) is 5.91 Å². The zero-order valence-electron chi connectivity index (χ0n) is 11.8. The van der Waals surface area contributed by atoms with Gasteiger partial charge in [-0.2, -0.15) is 0 Å². The lowest BCUT2D eigenvalue weighted by molar-refractivity contribution is 0.0960. The lowest BCUT2D eigenvalue weighted by atomic mass is 10.1. The van der Waals surface area contributed by atoms with Crippen molar-refractivity contribution in [3.8, 4) is 0 Å². The molecule has 3 rings (SSSR count). The number of anilines is 1. The molecule has 21 heavy (non-hydrogen) atoms. The molecule has 0 amide bonds. The first-order valence-corrected chi connectivity index (χ1v) is 6.57. The molecule has 1 aromatic heterocycles. The average molecular weight is 281 g/mol. The smallest absolute Gasteiger partial charge is 0.335 e. The van der Waals surface area contributed by atoms with Gasteiger partial charge in [-0.05, 0) is 37.3 Å². The predicted octanol–water partition coefficient (Wildman–Crippen LogP) is 1.92. The Morgan fingerprint density at radius 1 is 1.05 bits per heavy atom. The van der Waals surface area contributed by atoms with Gasteiger partial charge in [0, 0.05) is 18.3 Å². The third-order valence-corrected chi connectivity index (χ3v) is 3.58. The van der Waals surface area contributed by atoms with Crippen molar-refractivity contribution in [2.75, 3.05) is 5.73 Å². The quantitative estimate of drug-likeness (QED) is 0.693. The molecular weight excluding hydrogens is 266 g/mol. The number of aryl methyl sites for hydroxylation is 2. The van der Waals surface area contributed by atoms with E-state index >= 15 is 0 Å². The number of rotatable bonds is 1. The summed E-state index contributed by atoms with van der Waals surface area (Å²) in [6, 6.07) is 12.2. The first kappa shape index (κ1) is 13.2. The first-order chi connectivity index (χ1) is 9.99. The molecule has 106 valence electrons. The van der Waals surface area contributed by atoms with E-state index in [-0.39, 0.29) is 11.6 Å². The molecule has 2 aromatic carbocycles. The lowest BCUT2D eigenvalue weighted by Gasteiger charge is -2.03. The molecule has 0 radical (unpaired) electrons. The summed E-state index contributed by atoms with van der Waals surface area (Å²) >= 11 is 0. The highest BCUT2D eigenvalue weighted by Gasteiger charge is 2.18. The Bertz CT molecular complexity index is 902. The number of fused-ring (bicyclic) bond motifs is 1. The topological polar surface area (TPSA) is 70.0 Å². The summed E-state index contributed by atoms with van der Waals surface area (Å²) in [6.45, 7) is 1.94. The second-order valence-electron chi connectivity index (χ2n) is 5.10. The summed E-state index contributed by atoms with van der Waals surface area (Å²) in [5.41, 5.74) is 8.64. The van der Waals surface area contributed by atoms with Gasteiger partial charge in [0.15, 0.2) is 0 Å². The van der Waals surface area contributed by atoms with E-state index in [4.69, 9.17) is 5.73 Å². The molecule has 0 fully saturated rings. The highest BCUT2D eigenvalue weighted by atomic mass is 16.2. The van der Waals surface area contributed by atoms with Crippen molar-refractivity contribution in [3.05, 3.63) is 64.1 Å². The number of nitrogens with two attached hydrogens (primary N) is 1. The summed E-state index contributed by atoms with van der Waals surface area (Å²) in [5, 5.41) is 0. The number of hydrogen-bond acceptors (Lipinski definition) is 3. The molecule has 3 aromatic rings. The summed E-state index contributed by atoms with van der Waals surface area (Å²) in [6.07, 6.45) is 0. The molecule has 5 nitrogen and oxygen atoms in total. The maximum Gasteiger partial charge on any atom is 0.335 e. The fourth-order valence-electron chi connectivity index (χ4n) is 2.38. The van der Waals surface area contributed by atoms with E-state index < -0.39 is 0 Å². The number of hydrogen-bond donors (Lipinski definition) is 1. The average Bonchev–Trinajstić information content (AvgIpc) is 2.70. The zero-order chi connectivity index (χ0) is 15.1. The van der Waals surface area contributed by atoms with Crippen molar-refractivity contribution < 1.29 is 4.79 Å². The standard InChI is InChI=1S/C16H15N3O2/c1-10-3-5-11(6-4-10)15(20)19-14-9-12(17)7-8-13(14)18(2)16(19)21/h3-9H,17H2,1-2H3. The van der Waals surface area contributed by atoms with Crippen LogP contribution in [0.4, 0.5) is 5.69 Å². The van der Waals surface area contributed by atoms with Crippen LogP contribution in [-0.2, 0) is 7.05 Å². The van der Waals surface area contributed by atoms with Crippen LogP contribution in [0.5, 0.6) is 0 Å². The largest absolute Gasteiger partial charge is 0.399 e. The Balaban J connectivity index is 2.27. The summed E-state index contributed by atoms with van der Waals surface area (Å²) in [5.74, 6) is -0.351. The Morgan fingerprint density at radius 2 is 1.71 bits per heavy atom. The number of aromatic nitrogens is 2. The number of carbonyl (C=O) groups is 1. The molecule has 5 heteroatoms. The van der Waals surface area contributed by atoms with Crippen LogP contribution >= 0.6 is 0 Å². The minimum absolute atomic E-state index is 0.351. The van der Waals surface area contributed by atoms with Gasteiger partial charge in [-0.15, -0.1) is 0 Å². The van der Waals surface area contributed by atoms with Gasteiger partial charge in [0.05, 0.1) is 11.0 Å². The van der Waals surface area contributed by atoms with Gasteiger partial charge in [0.2, 0.25) is 0 Å². The molecule has 0 atom stereocenters. The molecule has 0 unspecified atom stereocenters. The lowest BCUT2D eigenvalue weighted by Crippen LogP contribution is -2.28.